The number of anilines is 1. The highest BCUT2D eigenvalue weighted by Crippen LogP contribution is 2.35. The Morgan fingerprint density at radius 2 is 1.66 bits per heavy atom. The molecule has 0 aliphatic rings. The van der Waals surface area contributed by atoms with Crippen molar-refractivity contribution in [1.29, 1.82) is 0 Å². The monoisotopic (exact) mass is 493 g/mol. The van der Waals surface area contributed by atoms with E-state index in [0.717, 1.165) is 21.3 Å². The third kappa shape index (κ3) is 6.30. The van der Waals surface area contributed by atoms with Gasteiger partial charge in [-0.1, -0.05) is 69.0 Å². The molecule has 0 aliphatic carbocycles. The molecule has 0 aromatic heterocycles. The number of ether oxygens (including phenoxy) is 2. The van der Waals surface area contributed by atoms with Crippen molar-refractivity contribution < 1.29 is 9.47 Å². The summed E-state index contributed by atoms with van der Waals surface area (Å²) in [7, 11) is 0. The molecule has 0 aliphatic heterocycles. The molecule has 6 heteroatoms. The molecule has 1 N–H and O–H groups in total. The SMILES string of the molecule is CCOc1cc(CNc2cc(Cl)cc(Cl)c2)c(Br)cc1OCc1cccc(C)c1. The van der Waals surface area contributed by atoms with Crippen LogP contribution in [0.1, 0.15) is 23.6 Å². The number of nitrogens with one attached hydrogen (secondary N) is 1. The Balaban J connectivity index is 1.76. The van der Waals surface area contributed by atoms with Crippen molar-refractivity contribution in [3.63, 3.8) is 0 Å². The molecule has 3 nitrogen and oxygen atoms in total. The number of hydrogen-bond acceptors (Lipinski definition) is 3. The first-order valence-electron chi connectivity index (χ1n) is 9.28. The first kappa shape index (κ1) is 21.8. The van der Waals surface area contributed by atoms with Crippen molar-refractivity contribution in [1.82, 2.24) is 0 Å². The van der Waals surface area contributed by atoms with Crippen LogP contribution in [0.3, 0.4) is 0 Å². The van der Waals surface area contributed by atoms with Gasteiger partial charge in [0.15, 0.2) is 11.5 Å². The van der Waals surface area contributed by atoms with Crippen LogP contribution in [-0.2, 0) is 13.2 Å². The maximum atomic E-state index is 6.08. The van der Waals surface area contributed by atoms with Crippen LogP contribution in [0.5, 0.6) is 11.5 Å². The van der Waals surface area contributed by atoms with Crippen LogP contribution in [-0.4, -0.2) is 6.61 Å². The molecule has 0 saturated carbocycles. The fourth-order valence-electron chi connectivity index (χ4n) is 2.91. The van der Waals surface area contributed by atoms with Crippen molar-refractivity contribution in [2.24, 2.45) is 0 Å². The van der Waals surface area contributed by atoms with Gasteiger partial charge in [-0.15, -0.1) is 0 Å². The molecule has 0 heterocycles. The zero-order chi connectivity index (χ0) is 20.8. The van der Waals surface area contributed by atoms with Crippen molar-refractivity contribution in [3.05, 3.63) is 85.8 Å². The highest BCUT2D eigenvalue weighted by Gasteiger charge is 2.12. The van der Waals surface area contributed by atoms with E-state index in [2.05, 4.69) is 46.4 Å². The molecule has 0 fully saturated rings. The van der Waals surface area contributed by atoms with Crippen LogP contribution in [0.2, 0.25) is 10.0 Å². The van der Waals surface area contributed by atoms with Crippen LogP contribution in [0.4, 0.5) is 5.69 Å². The summed E-state index contributed by atoms with van der Waals surface area (Å²) in [5.74, 6) is 1.42. The van der Waals surface area contributed by atoms with Crippen LogP contribution in [0, 0.1) is 6.92 Å². The van der Waals surface area contributed by atoms with E-state index < -0.39 is 0 Å². The first-order valence-corrected chi connectivity index (χ1v) is 10.8. The van der Waals surface area contributed by atoms with E-state index >= 15 is 0 Å². The molecule has 0 amide bonds. The topological polar surface area (TPSA) is 30.5 Å². The third-order valence-electron chi connectivity index (χ3n) is 4.23. The molecule has 0 atom stereocenters. The van der Waals surface area contributed by atoms with Crippen LogP contribution < -0.4 is 14.8 Å². The van der Waals surface area contributed by atoms with Crippen molar-refractivity contribution in [2.75, 3.05) is 11.9 Å². The van der Waals surface area contributed by atoms with Gasteiger partial charge in [0.25, 0.3) is 0 Å². The quantitative estimate of drug-likeness (QED) is 0.348. The maximum absolute atomic E-state index is 6.08. The van der Waals surface area contributed by atoms with Gasteiger partial charge in [-0.2, -0.15) is 0 Å². The number of halogens is 3. The van der Waals surface area contributed by atoms with E-state index in [1.54, 1.807) is 6.07 Å². The highest BCUT2D eigenvalue weighted by atomic mass is 79.9. The smallest absolute Gasteiger partial charge is 0.162 e. The normalized spacial score (nSPS) is 10.7. The number of hydrogen-bond donors (Lipinski definition) is 1. The van der Waals surface area contributed by atoms with Gasteiger partial charge in [-0.25, -0.2) is 0 Å². The Kier molecular flexibility index (Phi) is 7.70. The average molecular weight is 495 g/mol. The number of rotatable bonds is 8. The fraction of sp³-hybridized carbons (Fsp3) is 0.217. The molecular formula is C23H22BrCl2NO2. The summed E-state index contributed by atoms with van der Waals surface area (Å²) in [6.45, 7) is 5.64. The van der Waals surface area contributed by atoms with E-state index in [1.807, 2.05) is 37.3 Å². The van der Waals surface area contributed by atoms with Gasteiger partial charge < -0.3 is 14.8 Å². The summed E-state index contributed by atoms with van der Waals surface area (Å²) in [5, 5.41) is 4.52. The van der Waals surface area contributed by atoms with Crippen molar-refractivity contribution in [2.45, 2.75) is 27.0 Å². The lowest BCUT2D eigenvalue weighted by molar-refractivity contribution is 0.269. The summed E-state index contributed by atoms with van der Waals surface area (Å²) in [6.07, 6.45) is 0. The molecule has 0 bridgehead atoms. The van der Waals surface area contributed by atoms with Crippen LogP contribution in [0.15, 0.2) is 59.1 Å². The lowest BCUT2D eigenvalue weighted by Crippen LogP contribution is -2.04. The number of aryl methyl sites for hydroxylation is 1. The molecule has 3 aromatic rings. The molecule has 29 heavy (non-hydrogen) atoms. The second-order valence-corrected chi connectivity index (χ2v) is 8.34. The molecule has 3 rings (SSSR count). The molecule has 0 spiro atoms. The zero-order valence-electron chi connectivity index (χ0n) is 16.3. The fourth-order valence-corrected chi connectivity index (χ4v) is 3.90. The molecule has 0 saturated heterocycles. The first-order chi connectivity index (χ1) is 13.9. The Morgan fingerprint density at radius 3 is 2.34 bits per heavy atom. The Morgan fingerprint density at radius 1 is 0.931 bits per heavy atom. The molecule has 0 radical (unpaired) electrons. The average Bonchev–Trinajstić information content (AvgIpc) is 2.66. The van der Waals surface area contributed by atoms with Gasteiger partial charge in [0, 0.05) is 26.8 Å². The Labute approximate surface area is 190 Å². The van der Waals surface area contributed by atoms with E-state index in [4.69, 9.17) is 32.7 Å². The van der Waals surface area contributed by atoms with E-state index in [1.165, 1.54) is 5.56 Å². The summed E-state index contributed by atoms with van der Waals surface area (Å²) in [4.78, 5) is 0. The summed E-state index contributed by atoms with van der Waals surface area (Å²) in [5.41, 5.74) is 4.21. The molecule has 0 unspecified atom stereocenters. The second kappa shape index (κ2) is 10.2. The third-order valence-corrected chi connectivity index (χ3v) is 5.41. The van der Waals surface area contributed by atoms with Crippen molar-refractivity contribution >= 4 is 44.8 Å². The van der Waals surface area contributed by atoms with Gasteiger partial charge in [0.2, 0.25) is 0 Å². The minimum absolute atomic E-state index is 0.479. The van der Waals surface area contributed by atoms with E-state index in [9.17, 15) is 0 Å². The van der Waals surface area contributed by atoms with E-state index in [0.29, 0.717) is 41.3 Å². The van der Waals surface area contributed by atoms with Gasteiger partial charge in [0.1, 0.15) is 6.61 Å². The number of benzene rings is 3. The highest BCUT2D eigenvalue weighted by molar-refractivity contribution is 9.10. The van der Waals surface area contributed by atoms with Gasteiger partial charge in [0.05, 0.1) is 6.61 Å². The van der Waals surface area contributed by atoms with Gasteiger partial charge >= 0.3 is 0 Å². The minimum Gasteiger partial charge on any atom is -0.490 e. The molecule has 152 valence electrons. The summed E-state index contributed by atoms with van der Waals surface area (Å²) in [6, 6.07) is 17.6. The van der Waals surface area contributed by atoms with Gasteiger partial charge in [-0.05, 0) is 55.3 Å². The summed E-state index contributed by atoms with van der Waals surface area (Å²) < 4.78 is 12.8. The van der Waals surface area contributed by atoms with Crippen molar-refractivity contribution in [3.8, 4) is 11.5 Å². The predicted octanol–water partition coefficient (Wildman–Crippen LogP) is 7.65. The molecule has 3 aromatic carbocycles. The predicted molar refractivity (Wildman–Crippen MR) is 125 cm³/mol. The zero-order valence-corrected chi connectivity index (χ0v) is 19.4. The lowest BCUT2D eigenvalue weighted by atomic mass is 10.1. The maximum Gasteiger partial charge on any atom is 0.162 e. The molecular weight excluding hydrogens is 473 g/mol. The standard InChI is InChI=1S/C23H22BrCl2NO2/c1-3-28-22-8-17(13-27-20-10-18(25)9-19(26)11-20)21(24)12-23(22)29-14-16-6-4-5-15(2)7-16/h4-12,27H,3,13-14H2,1-2H3. The minimum atomic E-state index is 0.479. The lowest BCUT2D eigenvalue weighted by Gasteiger charge is -2.16. The second-order valence-electron chi connectivity index (χ2n) is 6.61. The van der Waals surface area contributed by atoms with Crippen LogP contribution >= 0.6 is 39.1 Å². The largest absolute Gasteiger partial charge is 0.490 e. The Bertz CT molecular complexity index is 974. The van der Waals surface area contributed by atoms with Gasteiger partial charge in [-0.3, -0.25) is 0 Å². The summed E-state index contributed by atoms with van der Waals surface area (Å²) >= 11 is 15.8. The van der Waals surface area contributed by atoms with E-state index in [-0.39, 0.29) is 0 Å². The van der Waals surface area contributed by atoms with Crippen LogP contribution in [0.25, 0.3) is 0 Å². The Hall–Kier alpha value is -1.88.